The molecule has 4 amide bonds. The first-order valence-corrected chi connectivity index (χ1v) is 20.2. The number of amides is 4. The molecule has 59 heavy (non-hydrogen) atoms. The Balaban J connectivity index is 1.32. The monoisotopic (exact) mass is 806 g/mol. The van der Waals surface area contributed by atoms with Gasteiger partial charge in [-0.3, -0.25) is 9.59 Å². The number of imidazole rings is 1. The molecule has 0 unspecified atom stereocenters. The van der Waals surface area contributed by atoms with Crippen molar-refractivity contribution in [2.24, 2.45) is 11.8 Å². The summed E-state index contributed by atoms with van der Waals surface area (Å²) >= 11 is 0. The third-order valence-corrected chi connectivity index (χ3v) is 11.3. The summed E-state index contributed by atoms with van der Waals surface area (Å²) in [5.41, 5.74) is 10.1. The predicted molar refractivity (Wildman–Crippen MR) is 231 cm³/mol. The van der Waals surface area contributed by atoms with Gasteiger partial charge < -0.3 is 46.3 Å². The molecule has 3 aromatic rings. The van der Waals surface area contributed by atoms with Gasteiger partial charge in [-0.1, -0.05) is 70.9 Å². The summed E-state index contributed by atoms with van der Waals surface area (Å²) in [7, 11) is 1.27. The van der Waals surface area contributed by atoms with E-state index in [4.69, 9.17) is 15.5 Å². The maximum atomic E-state index is 13.8. The highest BCUT2D eigenvalue weighted by Gasteiger charge is 2.42. The summed E-state index contributed by atoms with van der Waals surface area (Å²) in [5, 5.41) is 20.8. The van der Waals surface area contributed by atoms with Crippen LogP contribution in [-0.2, 0) is 14.3 Å². The fourth-order valence-electron chi connectivity index (χ4n) is 8.00. The van der Waals surface area contributed by atoms with Gasteiger partial charge in [0.1, 0.15) is 17.9 Å². The molecule has 3 heterocycles. The molecule has 14 nitrogen and oxygen atoms in total. The van der Waals surface area contributed by atoms with Crippen LogP contribution in [-0.4, -0.2) is 86.2 Å². The van der Waals surface area contributed by atoms with Crippen LogP contribution in [0, 0.1) is 23.7 Å². The molecule has 6 atom stereocenters. The van der Waals surface area contributed by atoms with Crippen LogP contribution < -0.4 is 32.4 Å². The number of nitrogens with two attached hydrogens (primary N) is 1. The summed E-state index contributed by atoms with van der Waals surface area (Å²) in [5.74, 6) is 6.27. The Bertz CT molecular complexity index is 2320. The second-order valence-electron chi connectivity index (χ2n) is 16.1. The first-order valence-electron chi connectivity index (χ1n) is 20.2. The van der Waals surface area contributed by atoms with E-state index in [1.54, 1.807) is 9.80 Å². The number of H-pyrrole nitrogens is 1. The van der Waals surface area contributed by atoms with Crippen molar-refractivity contribution in [2.45, 2.75) is 110 Å². The minimum absolute atomic E-state index is 0.0452. The van der Waals surface area contributed by atoms with Crippen LogP contribution in [0.4, 0.5) is 21.0 Å². The van der Waals surface area contributed by atoms with Crippen LogP contribution >= 0.6 is 0 Å². The zero-order valence-corrected chi connectivity index (χ0v) is 35.3. The number of nitrogens with zero attached hydrogens (tertiary/aromatic N) is 3. The van der Waals surface area contributed by atoms with E-state index in [2.05, 4.69) is 45.9 Å². The summed E-state index contributed by atoms with van der Waals surface area (Å²) in [4.78, 5) is 62.5. The number of alkyl carbamates (subject to hydrolysis) is 1. The minimum Gasteiger partial charge on any atom is -0.465 e. The molecular formula is C45H58N8O6. The van der Waals surface area contributed by atoms with E-state index in [9.17, 15) is 24.3 Å². The van der Waals surface area contributed by atoms with Crippen molar-refractivity contribution in [3.63, 3.8) is 0 Å². The lowest BCUT2D eigenvalue weighted by Gasteiger charge is -2.34. The molecule has 14 heteroatoms. The molecule has 1 aromatic heterocycles. The number of aromatic amines is 1. The molecule has 2 aliphatic heterocycles. The van der Waals surface area contributed by atoms with Crippen molar-refractivity contribution < 1.29 is 29.0 Å². The number of allylic oxidation sites excluding steroid dienone is 2. The Morgan fingerprint density at radius 3 is 2.27 bits per heavy atom. The van der Waals surface area contributed by atoms with Gasteiger partial charge in [0.25, 0.3) is 0 Å². The van der Waals surface area contributed by atoms with Gasteiger partial charge in [-0.25, -0.2) is 14.6 Å². The lowest BCUT2D eigenvalue weighted by Crippen LogP contribution is -2.54. The molecule has 2 aliphatic rings. The number of fused-ring (bicyclic) bond motifs is 1. The maximum Gasteiger partial charge on any atom is 0.407 e. The smallest absolute Gasteiger partial charge is 0.407 e. The number of aromatic nitrogens is 2. The summed E-state index contributed by atoms with van der Waals surface area (Å²) in [6, 6.07) is 7.28. The first-order chi connectivity index (χ1) is 27.9. The third kappa shape index (κ3) is 9.74. The fourth-order valence-corrected chi connectivity index (χ4v) is 8.00. The Morgan fingerprint density at radius 1 is 0.983 bits per heavy atom. The number of rotatable bonds is 11. The quantitative estimate of drug-likeness (QED) is 0.109. The number of nitrogen functional groups attached to an aromatic ring is 1. The van der Waals surface area contributed by atoms with E-state index in [0.29, 0.717) is 46.4 Å². The SMILES string of the molecule is C=C(Nc1ccc2cc(C#CC(=C/C)/C=c3/[nH]c([C@@H]4CC[C@H](C)N4C(=O)[C@@H](NC(=O)O)C(C)C)nc3=C)ccc2c1N)[C@@H]1CC[C@H](C)N1C(=O)[C@@H](NC(=O)OC)C(C)C. The number of likely N-dealkylation sites (tertiary alicyclic amines) is 2. The Kier molecular flexibility index (Phi) is 13.8. The molecule has 2 fully saturated rings. The molecule has 0 saturated carbocycles. The summed E-state index contributed by atoms with van der Waals surface area (Å²) in [6.07, 6.45) is 4.83. The molecule has 0 radical (unpaired) electrons. The summed E-state index contributed by atoms with van der Waals surface area (Å²) in [6.45, 7) is 21.7. The first kappa shape index (κ1) is 43.9. The van der Waals surface area contributed by atoms with Crippen molar-refractivity contribution in [1.29, 1.82) is 0 Å². The van der Waals surface area contributed by atoms with Crippen molar-refractivity contribution in [1.82, 2.24) is 30.4 Å². The average Bonchev–Trinajstić information content (AvgIpc) is 3.89. The number of hydrogen-bond acceptors (Lipinski definition) is 8. The van der Waals surface area contributed by atoms with Crippen molar-refractivity contribution in [3.05, 3.63) is 76.3 Å². The molecule has 2 saturated heterocycles. The number of hydrogen-bond donors (Lipinski definition) is 6. The van der Waals surface area contributed by atoms with Gasteiger partial charge >= 0.3 is 12.2 Å². The van der Waals surface area contributed by atoms with E-state index in [1.165, 1.54) is 7.11 Å². The van der Waals surface area contributed by atoms with Crippen LogP contribution in [0.3, 0.4) is 0 Å². The van der Waals surface area contributed by atoms with E-state index in [1.807, 2.05) is 91.0 Å². The molecule has 7 N–H and O–H groups in total. The van der Waals surface area contributed by atoms with E-state index >= 15 is 0 Å². The fraction of sp³-hybridized carbons (Fsp3) is 0.444. The zero-order chi connectivity index (χ0) is 43.3. The van der Waals surface area contributed by atoms with E-state index in [0.717, 1.165) is 34.8 Å². The number of carboxylic acid groups (broad SMARTS) is 1. The van der Waals surface area contributed by atoms with Crippen LogP contribution in [0.25, 0.3) is 23.4 Å². The second kappa shape index (κ2) is 18.6. The zero-order valence-electron chi connectivity index (χ0n) is 35.3. The van der Waals surface area contributed by atoms with Crippen LogP contribution in [0.5, 0.6) is 0 Å². The van der Waals surface area contributed by atoms with Gasteiger partial charge in [0.2, 0.25) is 11.8 Å². The van der Waals surface area contributed by atoms with Crippen LogP contribution in [0.2, 0.25) is 0 Å². The predicted octanol–water partition coefficient (Wildman–Crippen LogP) is 5.36. The number of nitrogens with one attached hydrogen (secondary N) is 4. The molecule has 0 aliphatic carbocycles. The number of methoxy groups -OCH3 is 1. The number of carbonyl (C=O) groups excluding carboxylic acids is 3. The molecule has 0 bridgehead atoms. The van der Waals surface area contributed by atoms with Crippen LogP contribution in [0.15, 0.2) is 54.3 Å². The summed E-state index contributed by atoms with van der Waals surface area (Å²) < 4.78 is 4.77. The molecule has 5 rings (SSSR count). The van der Waals surface area contributed by atoms with Crippen molar-refractivity contribution >= 4 is 58.8 Å². The highest BCUT2D eigenvalue weighted by molar-refractivity contribution is 6.00. The van der Waals surface area contributed by atoms with Gasteiger partial charge in [-0.05, 0) is 88.0 Å². The van der Waals surface area contributed by atoms with Gasteiger partial charge in [-0.2, -0.15) is 0 Å². The minimum atomic E-state index is -1.24. The number of carbonyl (C=O) groups is 4. The Labute approximate surface area is 346 Å². The highest BCUT2D eigenvalue weighted by atomic mass is 16.5. The topological polar surface area (TPSA) is 195 Å². The second-order valence-corrected chi connectivity index (χ2v) is 16.1. The van der Waals surface area contributed by atoms with Gasteiger partial charge in [0.15, 0.2) is 0 Å². The third-order valence-electron chi connectivity index (χ3n) is 11.3. The van der Waals surface area contributed by atoms with Crippen molar-refractivity contribution in [2.75, 3.05) is 18.2 Å². The number of ether oxygens (including phenoxy) is 1. The van der Waals surface area contributed by atoms with Crippen LogP contribution in [0.1, 0.15) is 91.6 Å². The van der Waals surface area contributed by atoms with Gasteiger partial charge in [0, 0.05) is 34.3 Å². The molecule has 0 spiro atoms. The van der Waals surface area contributed by atoms with Crippen molar-refractivity contribution in [3.8, 4) is 11.8 Å². The number of benzene rings is 2. The van der Waals surface area contributed by atoms with Gasteiger partial charge in [-0.15, -0.1) is 0 Å². The van der Waals surface area contributed by atoms with E-state index < -0.39 is 24.3 Å². The lowest BCUT2D eigenvalue weighted by molar-refractivity contribution is -0.137. The standard InChI is InChI=1S/C45H58N8O6/c1-11-30(23-35-28(8)48-41(49-35)37-21-13-27(7)53(37)42(54)39(24(2)3)50-44(56)57)14-15-31-16-18-33-32(22-31)17-19-34(38(33)46)47-29(9)36-20-12-26(6)52(36)43(55)40(25(4)5)51-45(58)59-10/h11,16-19,22-27,36-37,39-40,47,50H,8-9,12-13,20-21,46H2,1-7,10H3,(H,48,49)(H,51,58)(H,56,57)/b30-11-,35-23+/t26-,27-,36-,37-,39-,40-/m0/s1. The largest absolute Gasteiger partial charge is 0.465 e. The Hall–Kier alpha value is -6.23. The molecule has 2 aromatic carbocycles. The average molecular weight is 807 g/mol. The normalized spacial score (nSPS) is 20.6. The Morgan fingerprint density at radius 2 is 1.63 bits per heavy atom. The highest BCUT2D eigenvalue weighted by Crippen LogP contribution is 2.36. The molecule has 314 valence electrons. The van der Waals surface area contributed by atoms with E-state index in [-0.39, 0.29) is 47.8 Å². The molecular weight excluding hydrogens is 749 g/mol. The maximum absolute atomic E-state index is 13.8. The lowest BCUT2D eigenvalue weighted by atomic mass is 10.0. The van der Waals surface area contributed by atoms with Gasteiger partial charge in [0.05, 0.1) is 41.3 Å². The number of anilines is 2.